The maximum absolute atomic E-state index is 13.5. The quantitative estimate of drug-likeness (QED) is 0.283. The number of benzene rings is 1. The molecule has 1 saturated carbocycles. The van der Waals surface area contributed by atoms with Crippen molar-refractivity contribution in [3.8, 4) is 0 Å². The number of aromatic nitrogens is 3. The molecule has 2 amide bonds. The number of rotatable bonds is 8. The molecule has 1 aliphatic carbocycles. The number of carbonyl (C=O) groups excluding carboxylic acids is 2. The van der Waals surface area contributed by atoms with Crippen molar-refractivity contribution in [3.63, 3.8) is 0 Å². The molecule has 54 heavy (non-hydrogen) atoms. The molecule has 292 valence electrons. The summed E-state index contributed by atoms with van der Waals surface area (Å²) in [4.78, 5) is 51.6. The summed E-state index contributed by atoms with van der Waals surface area (Å²) >= 11 is -1.21. The third-order valence-electron chi connectivity index (χ3n) is 11.5. The Morgan fingerprint density at radius 1 is 0.815 bits per heavy atom. The van der Waals surface area contributed by atoms with Gasteiger partial charge in [-0.15, -0.1) is 0 Å². The summed E-state index contributed by atoms with van der Waals surface area (Å²) in [6.45, 7) is 6.50. The van der Waals surface area contributed by atoms with Crippen LogP contribution in [0.3, 0.4) is 0 Å². The van der Waals surface area contributed by atoms with Crippen molar-refractivity contribution in [1.82, 2.24) is 33.8 Å². The van der Waals surface area contributed by atoms with E-state index >= 15 is 0 Å². The molecule has 3 N–H and O–H groups in total. The highest BCUT2D eigenvalue weighted by Gasteiger charge is 2.33. The molecule has 4 aliphatic heterocycles. The highest BCUT2D eigenvalue weighted by atomic mass is 32.2. The number of H-pyrrole nitrogens is 1. The molecule has 13 nitrogen and oxygen atoms in total. The van der Waals surface area contributed by atoms with Gasteiger partial charge in [0, 0.05) is 88.1 Å². The zero-order valence-corrected chi connectivity index (χ0v) is 31.5. The molecular formula is C38H51F2N9O4S. The first-order valence-corrected chi connectivity index (χ1v) is 20.6. The molecule has 0 radical (unpaired) electrons. The summed E-state index contributed by atoms with van der Waals surface area (Å²) in [5.74, 6) is -0.358. The van der Waals surface area contributed by atoms with Gasteiger partial charge in [-0.2, -0.15) is 4.98 Å². The highest BCUT2D eigenvalue weighted by Crippen LogP contribution is 2.29. The number of halogens is 2. The first-order chi connectivity index (χ1) is 26.2. The Bertz CT molecular complexity index is 1830. The first kappa shape index (κ1) is 38.4. The average Bonchev–Trinajstić information content (AvgIpc) is 3.79. The smallest absolute Gasteiger partial charge is 0.269 e. The number of piperidine rings is 3. The Balaban J connectivity index is 0.000000833. The Morgan fingerprint density at radius 2 is 1.46 bits per heavy atom. The number of amides is 2. The molecule has 6 heterocycles. The van der Waals surface area contributed by atoms with Crippen LogP contribution < -0.4 is 21.1 Å². The van der Waals surface area contributed by atoms with Crippen LogP contribution in [0.25, 0.3) is 11.0 Å². The van der Waals surface area contributed by atoms with Gasteiger partial charge in [-0.25, -0.2) is 26.6 Å². The van der Waals surface area contributed by atoms with Gasteiger partial charge >= 0.3 is 0 Å². The fourth-order valence-corrected chi connectivity index (χ4v) is 9.60. The summed E-state index contributed by atoms with van der Waals surface area (Å²) < 4.78 is 43.7. The van der Waals surface area contributed by atoms with Gasteiger partial charge in [-0.3, -0.25) is 24.6 Å². The van der Waals surface area contributed by atoms with Crippen LogP contribution in [0.4, 0.5) is 20.4 Å². The molecule has 0 spiro atoms. The van der Waals surface area contributed by atoms with Gasteiger partial charge in [-0.05, 0) is 55.9 Å². The summed E-state index contributed by atoms with van der Waals surface area (Å²) in [6, 6.07) is 9.87. The van der Waals surface area contributed by atoms with Crippen LogP contribution in [0, 0.1) is 0 Å². The number of nitrogens with zero attached hydrogens (tertiary/aromatic N) is 6. The maximum atomic E-state index is 13.5. The van der Waals surface area contributed by atoms with Crippen LogP contribution in [0.1, 0.15) is 94.1 Å². The van der Waals surface area contributed by atoms with Crippen molar-refractivity contribution in [2.45, 2.75) is 95.1 Å². The van der Waals surface area contributed by atoms with E-state index in [1.165, 1.54) is 38.3 Å². The average molecular weight is 768 g/mol. The molecule has 3 aromatic rings. The predicted octanol–water partition coefficient (Wildman–Crippen LogP) is 4.47. The summed E-state index contributed by atoms with van der Waals surface area (Å²) in [5, 5.41) is 6.06. The second kappa shape index (κ2) is 17.7. The number of carbonyl (C=O) groups is 2. The van der Waals surface area contributed by atoms with Crippen molar-refractivity contribution in [3.05, 3.63) is 58.0 Å². The summed E-state index contributed by atoms with van der Waals surface area (Å²) in [5.41, 5.74) is 0.843. The number of hydrogen-bond acceptors (Lipinski definition) is 9. The van der Waals surface area contributed by atoms with Gasteiger partial charge in [0.15, 0.2) is 11.2 Å². The number of pyridine rings is 1. The van der Waals surface area contributed by atoms with Gasteiger partial charge in [-0.1, -0.05) is 44.2 Å². The number of hydrogen-bond donors (Lipinski definition) is 3. The van der Waals surface area contributed by atoms with Crippen LogP contribution >= 0.6 is 0 Å². The zero-order chi connectivity index (χ0) is 37.6. The SMILES string of the molecule is C1CCCC1.O=C1CCC(c2ccc(N3CCC(N4CCN(S(=O)N5CCC(Nc6ncc7cc(C(F)F)c(=O)[nH]c7n6)CC5)CC4)CC3)cc2)C(=O)N1. The maximum Gasteiger partial charge on any atom is 0.269 e. The van der Waals surface area contributed by atoms with Gasteiger partial charge in [0.2, 0.25) is 17.8 Å². The van der Waals surface area contributed by atoms with E-state index in [9.17, 15) is 27.4 Å². The topological polar surface area (TPSA) is 147 Å². The van der Waals surface area contributed by atoms with E-state index in [2.05, 4.69) is 51.8 Å². The molecule has 5 aliphatic rings. The van der Waals surface area contributed by atoms with Crippen molar-refractivity contribution in [2.75, 3.05) is 62.6 Å². The normalized spacial score (nSPS) is 23.3. The zero-order valence-electron chi connectivity index (χ0n) is 30.7. The lowest BCUT2D eigenvalue weighted by Crippen LogP contribution is -2.55. The minimum atomic E-state index is -2.87. The van der Waals surface area contributed by atoms with E-state index in [-0.39, 0.29) is 29.4 Å². The molecule has 16 heteroatoms. The van der Waals surface area contributed by atoms with Crippen LogP contribution in [0.15, 0.2) is 41.3 Å². The number of aromatic amines is 1. The fraction of sp³-hybridized carbons (Fsp3) is 0.605. The second-order valence-electron chi connectivity index (χ2n) is 15.0. The lowest BCUT2D eigenvalue weighted by molar-refractivity contribution is -0.134. The van der Waals surface area contributed by atoms with Gasteiger partial charge < -0.3 is 15.2 Å². The van der Waals surface area contributed by atoms with E-state index in [0.717, 1.165) is 82.3 Å². The Labute approximate surface area is 317 Å². The number of fused-ring (bicyclic) bond motifs is 1. The highest BCUT2D eigenvalue weighted by molar-refractivity contribution is 7.80. The van der Waals surface area contributed by atoms with E-state index in [1.54, 1.807) is 0 Å². The number of alkyl halides is 2. The fourth-order valence-electron chi connectivity index (χ4n) is 8.27. The minimum Gasteiger partial charge on any atom is -0.371 e. The first-order valence-electron chi connectivity index (χ1n) is 19.5. The largest absolute Gasteiger partial charge is 0.371 e. The third-order valence-corrected chi connectivity index (χ3v) is 13.1. The second-order valence-corrected chi connectivity index (χ2v) is 16.5. The number of anilines is 2. The summed E-state index contributed by atoms with van der Waals surface area (Å²) in [7, 11) is 0. The standard InChI is InChI=1S/C33H41F2N9O4S.C5H10/c34-29(35)27-19-22-20-36-33(40-30(22)39-32(27)47)37-23-7-13-43(14-8-23)49(48)44-17-15-42(16-18-44)25-9-11-41(12-10-25)24-3-1-21(2-4-24)26-5-6-28(45)38-31(26)46;1-2-4-5-3-1/h1-4,19-20,23,25-26,29H,5-18H2,(H,38,45,46)(H2,36,37,39,40,47);1-5H2. The number of piperazine rings is 1. The van der Waals surface area contributed by atoms with E-state index in [4.69, 9.17) is 0 Å². The molecule has 4 saturated heterocycles. The number of nitrogens with one attached hydrogen (secondary N) is 3. The number of imide groups is 1. The summed E-state index contributed by atoms with van der Waals surface area (Å²) in [6.07, 6.45) is 10.6. The molecule has 8 rings (SSSR count). The minimum absolute atomic E-state index is 0.0590. The van der Waals surface area contributed by atoms with E-state index < -0.39 is 28.7 Å². The third kappa shape index (κ3) is 9.32. The predicted molar refractivity (Wildman–Crippen MR) is 205 cm³/mol. The van der Waals surface area contributed by atoms with Crippen LogP contribution in [-0.4, -0.2) is 109 Å². The van der Waals surface area contributed by atoms with Crippen LogP contribution in [0.5, 0.6) is 0 Å². The van der Waals surface area contributed by atoms with Crippen molar-refractivity contribution >= 4 is 45.7 Å². The molecular weight excluding hydrogens is 717 g/mol. The van der Waals surface area contributed by atoms with Gasteiger partial charge in [0.25, 0.3) is 12.0 Å². The monoisotopic (exact) mass is 767 g/mol. The van der Waals surface area contributed by atoms with Crippen LogP contribution in [0.2, 0.25) is 0 Å². The van der Waals surface area contributed by atoms with Crippen molar-refractivity contribution < 1.29 is 22.6 Å². The Morgan fingerprint density at radius 3 is 2.09 bits per heavy atom. The Hall–Kier alpha value is -3.86. The van der Waals surface area contributed by atoms with Crippen molar-refractivity contribution in [2.24, 2.45) is 0 Å². The van der Waals surface area contributed by atoms with Gasteiger partial charge in [0.05, 0.1) is 11.5 Å². The molecule has 1 aromatic carbocycles. The lowest BCUT2D eigenvalue weighted by atomic mass is 9.90. The van der Waals surface area contributed by atoms with E-state index in [1.807, 2.05) is 16.4 Å². The molecule has 5 fully saturated rings. The molecule has 2 atom stereocenters. The van der Waals surface area contributed by atoms with E-state index in [0.29, 0.717) is 43.3 Å². The lowest BCUT2D eigenvalue weighted by Gasteiger charge is -2.44. The molecule has 2 aromatic heterocycles. The molecule has 0 bridgehead atoms. The van der Waals surface area contributed by atoms with Gasteiger partial charge in [0.1, 0.15) is 5.65 Å². The van der Waals surface area contributed by atoms with Crippen LogP contribution in [-0.2, 0) is 20.8 Å². The molecule has 2 unspecified atom stereocenters. The van der Waals surface area contributed by atoms with Crippen molar-refractivity contribution in [1.29, 1.82) is 0 Å². The Kier molecular flexibility index (Phi) is 12.6.